The Labute approximate surface area is 164 Å². The van der Waals surface area contributed by atoms with E-state index >= 15 is 0 Å². The first-order chi connectivity index (χ1) is 13.0. The second kappa shape index (κ2) is 12.6. The second-order valence-corrected chi connectivity index (χ2v) is 6.06. The maximum atomic E-state index is 11.9. The molecule has 0 atom stereocenters. The quantitative estimate of drug-likeness (QED) is 0.664. The molecule has 0 saturated heterocycles. The maximum Gasteiger partial charge on any atom is 0.322 e. The van der Waals surface area contributed by atoms with Gasteiger partial charge in [0, 0.05) is 30.6 Å². The van der Waals surface area contributed by atoms with Crippen LogP contribution < -0.4 is 9.50 Å². The Kier molecular flexibility index (Phi) is 10.5. The van der Waals surface area contributed by atoms with Gasteiger partial charge in [-0.05, 0) is 23.8 Å². The molecule has 27 heavy (non-hydrogen) atoms. The van der Waals surface area contributed by atoms with E-state index in [2.05, 4.69) is 19.2 Å². The van der Waals surface area contributed by atoms with Gasteiger partial charge in [-0.2, -0.15) is 0 Å². The molecule has 146 valence electrons. The molecule has 0 radical (unpaired) electrons. The highest BCUT2D eigenvalue weighted by Gasteiger charge is 2.07. The van der Waals surface area contributed by atoms with Crippen LogP contribution >= 0.6 is 12.0 Å². The van der Waals surface area contributed by atoms with Crippen molar-refractivity contribution in [3.8, 4) is 5.88 Å². The van der Waals surface area contributed by atoms with Gasteiger partial charge in [0.15, 0.2) is 0 Å². The first-order valence-electron chi connectivity index (χ1n) is 8.64. The SMILES string of the molecule is CCC.CSOc1cccn1C/C=C/c1cccc(C(=O)NCC(=O)O)c1. The van der Waals surface area contributed by atoms with Crippen molar-refractivity contribution in [2.75, 3.05) is 12.8 Å². The molecular formula is C20H26N2O4S. The molecule has 0 unspecified atom stereocenters. The standard InChI is InChI=1S/C17H18N2O4S.C3H8/c1-24-23-15-8-4-10-19(15)9-3-6-13-5-2-7-14(11-13)17(22)18-12-16(20)21;1-3-2/h2-8,10-11H,9,12H2,1H3,(H,18,22)(H,20,21);3H2,1-2H3/b6-3+;. The van der Waals surface area contributed by atoms with Gasteiger partial charge in [-0.1, -0.05) is 44.6 Å². The van der Waals surface area contributed by atoms with E-state index in [0.29, 0.717) is 12.1 Å². The lowest BCUT2D eigenvalue weighted by Crippen LogP contribution is -2.29. The van der Waals surface area contributed by atoms with Gasteiger partial charge in [-0.3, -0.25) is 9.59 Å². The summed E-state index contributed by atoms with van der Waals surface area (Å²) < 4.78 is 7.38. The summed E-state index contributed by atoms with van der Waals surface area (Å²) in [4.78, 5) is 22.3. The average Bonchev–Trinajstić information content (AvgIpc) is 3.08. The first-order valence-corrected chi connectivity index (χ1v) is 9.79. The number of carbonyl (C=O) groups excluding carboxylic acids is 1. The van der Waals surface area contributed by atoms with Gasteiger partial charge < -0.3 is 19.2 Å². The lowest BCUT2D eigenvalue weighted by molar-refractivity contribution is -0.135. The Morgan fingerprint density at radius 2 is 2.00 bits per heavy atom. The number of nitrogens with one attached hydrogen (secondary N) is 1. The third-order valence-corrected chi connectivity index (χ3v) is 3.46. The van der Waals surface area contributed by atoms with Gasteiger partial charge in [-0.15, -0.1) is 0 Å². The highest BCUT2D eigenvalue weighted by atomic mass is 32.2. The van der Waals surface area contributed by atoms with Crippen LogP contribution in [-0.4, -0.2) is 34.4 Å². The van der Waals surface area contributed by atoms with Crippen molar-refractivity contribution < 1.29 is 18.9 Å². The van der Waals surface area contributed by atoms with Gasteiger partial charge >= 0.3 is 5.97 Å². The molecule has 1 amide bonds. The number of amides is 1. The maximum absolute atomic E-state index is 11.9. The number of hydrogen-bond acceptors (Lipinski definition) is 4. The summed E-state index contributed by atoms with van der Waals surface area (Å²) in [7, 11) is 0. The molecule has 1 heterocycles. The van der Waals surface area contributed by atoms with Crippen molar-refractivity contribution in [3.63, 3.8) is 0 Å². The molecular weight excluding hydrogens is 364 g/mol. The third kappa shape index (κ3) is 8.50. The zero-order valence-electron chi connectivity index (χ0n) is 15.8. The van der Waals surface area contributed by atoms with Crippen LogP contribution in [0.1, 0.15) is 36.2 Å². The van der Waals surface area contributed by atoms with Crippen LogP contribution in [0.15, 0.2) is 48.7 Å². The number of aromatic nitrogens is 1. The molecule has 2 rings (SSSR count). The van der Waals surface area contributed by atoms with Crippen LogP contribution in [0.5, 0.6) is 5.88 Å². The minimum atomic E-state index is -1.07. The molecule has 2 aromatic rings. The number of carbonyl (C=O) groups is 2. The summed E-state index contributed by atoms with van der Waals surface area (Å²) in [5.74, 6) is -0.711. The van der Waals surface area contributed by atoms with E-state index < -0.39 is 18.4 Å². The van der Waals surface area contributed by atoms with Crippen molar-refractivity contribution in [1.82, 2.24) is 9.88 Å². The Bertz CT molecular complexity index is 756. The predicted molar refractivity (Wildman–Crippen MR) is 110 cm³/mol. The second-order valence-electron chi connectivity index (χ2n) is 5.56. The minimum Gasteiger partial charge on any atom is -0.480 e. The van der Waals surface area contributed by atoms with Crippen LogP contribution in [0.4, 0.5) is 0 Å². The summed E-state index contributed by atoms with van der Waals surface area (Å²) in [6, 6.07) is 10.8. The monoisotopic (exact) mass is 390 g/mol. The molecule has 1 aromatic heterocycles. The summed E-state index contributed by atoms with van der Waals surface area (Å²) in [5.41, 5.74) is 1.28. The molecule has 0 aliphatic carbocycles. The lowest BCUT2D eigenvalue weighted by atomic mass is 10.1. The molecule has 7 heteroatoms. The first kappa shape index (κ1) is 22.4. The van der Waals surface area contributed by atoms with E-state index in [-0.39, 0.29) is 0 Å². The highest BCUT2D eigenvalue weighted by Crippen LogP contribution is 2.16. The van der Waals surface area contributed by atoms with Gasteiger partial charge in [0.05, 0.1) is 12.0 Å². The Hall–Kier alpha value is -2.67. The number of carboxylic acid groups (broad SMARTS) is 1. The number of benzene rings is 1. The molecule has 0 bridgehead atoms. The van der Waals surface area contributed by atoms with E-state index in [9.17, 15) is 9.59 Å². The molecule has 6 nitrogen and oxygen atoms in total. The molecule has 0 aliphatic heterocycles. The highest BCUT2D eigenvalue weighted by molar-refractivity contribution is 7.94. The molecule has 0 aliphatic rings. The smallest absolute Gasteiger partial charge is 0.322 e. The molecule has 0 spiro atoms. The van der Waals surface area contributed by atoms with Crippen molar-refractivity contribution in [1.29, 1.82) is 0 Å². The molecule has 0 fully saturated rings. The topological polar surface area (TPSA) is 80.6 Å². The molecule has 0 saturated carbocycles. The van der Waals surface area contributed by atoms with Crippen LogP contribution in [0.25, 0.3) is 6.08 Å². The molecule has 1 aromatic carbocycles. The third-order valence-electron chi connectivity index (χ3n) is 3.12. The van der Waals surface area contributed by atoms with Crippen LogP contribution in [0, 0.1) is 0 Å². The summed E-state index contributed by atoms with van der Waals surface area (Å²) in [6.07, 6.45) is 8.89. The number of hydrogen-bond donors (Lipinski definition) is 2. The average molecular weight is 391 g/mol. The van der Waals surface area contributed by atoms with Crippen LogP contribution in [0.2, 0.25) is 0 Å². The zero-order chi connectivity index (χ0) is 20.1. The fourth-order valence-electron chi connectivity index (χ4n) is 2.05. The zero-order valence-corrected chi connectivity index (χ0v) is 16.7. The van der Waals surface area contributed by atoms with Gasteiger partial charge in [-0.25, -0.2) is 0 Å². The van der Waals surface area contributed by atoms with Gasteiger partial charge in [0.25, 0.3) is 5.91 Å². The minimum absolute atomic E-state index is 0.398. The van der Waals surface area contributed by atoms with E-state index in [1.165, 1.54) is 18.5 Å². The number of carboxylic acids is 1. The summed E-state index contributed by atoms with van der Waals surface area (Å²) in [5, 5.41) is 10.9. The number of nitrogens with zero attached hydrogens (tertiary/aromatic N) is 1. The van der Waals surface area contributed by atoms with Crippen molar-refractivity contribution in [3.05, 3.63) is 59.8 Å². The predicted octanol–water partition coefficient (Wildman–Crippen LogP) is 4.09. The van der Waals surface area contributed by atoms with Crippen molar-refractivity contribution in [2.45, 2.75) is 26.8 Å². The van der Waals surface area contributed by atoms with E-state index in [0.717, 1.165) is 11.4 Å². The Morgan fingerprint density at radius 3 is 2.67 bits per heavy atom. The largest absolute Gasteiger partial charge is 0.480 e. The van der Waals surface area contributed by atoms with E-state index in [1.807, 2.05) is 47.4 Å². The Balaban J connectivity index is 0.00000114. The number of aliphatic carboxylic acids is 1. The van der Waals surface area contributed by atoms with E-state index in [4.69, 9.17) is 9.29 Å². The van der Waals surface area contributed by atoms with Crippen LogP contribution in [0.3, 0.4) is 0 Å². The van der Waals surface area contributed by atoms with Crippen LogP contribution in [-0.2, 0) is 11.3 Å². The van der Waals surface area contributed by atoms with Crippen molar-refractivity contribution >= 4 is 30.0 Å². The number of rotatable bonds is 8. The summed E-state index contributed by atoms with van der Waals surface area (Å²) in [6.45, 7) is 4.49. The molecule has 2 N–H and O–H groups in total. The number of allylic oxidation sites excluding steroid dienone is 1. The van der Waals surface area contributed by atoms with E-state index in [1.54, 1.807) is 18.2 Å². The van der Waals surface area contributed by atoms with Crippen molar-refractivity contribution in [2.24, 2.45) is 0 Å². The Morgan fingerprint density at radius 1 is 1.26 bits per heavy atom. The van der Waals surface area contributed by atoms with Gasteiger partial charge in [0.1, 0.15) is 6.54 Å². The normalized spacial score (nSPS) is 10.2. The fourth-order valence-corrected chi connectivity index (χ4v) is 2.38. The fraction of sp³-hybridized carbons (Fsp3) is 0.300. The lowest BCUT2D eigenvalue weighted by Gasteiger charge is -2.05. The van der Waals surface area contributed by atoms with Gasteiger partial charge in [0.2, 0.25) is 5.88 Å². The summed E-state index contributed by atoms with van der Waals surface area (Å²) >= 11 is 1.28.